The third-order valence-electron chi connectivity index (χ3n) is 5.14. The zero-order valence-corrected chi connectivity index (χ0v) is 20.3. The maximum Gasteiger partial charge on any atom is 0.194 e. The van der Waals surface area contributed by atoms with Gasteiger partial charge in [0.2, 0.25) is 0 Å². The van der Waals surface area contributed by atoms with Gasteiger partial charge in [-0.2, -0.15) is 0 Å². The summed E-state index contributed by atoms with van der Waals surface area (Å²) in [7, 11) is 4.15. The maximum absolute atomic E-state index is 5.96. The molecule has 2 aromatic heterocycles. The van der Waals surface area contributed by atoms with Gasteiger partial charge < -0.3 is 23.9 Å². The lowest BCUT2D eigenvalue weighted by Crippen LogP contribution is -2.42. The minimum absolute atomic E-state index is 0. The topological polar surface area (TPSA) is 58.2 Å². The Morgan fingerprint density at radius 3 is 2.62 bits per heavy atom. The molecule has 1 saturated heterocycles. The minimum Gasteiger partial charge on any atom is -0.465 e. The van der Waals surface area contributed by atoms with E-state index in [-0.39, 0.29) is 30.0 Å². The van der Waals surface area contributed by atoms with E-state index in [1.165, 1.54) is 5.69 Å². The lowest BCUT2D eigenvalue weighted by atomic mass is 10.1. The van der Waals surface area contributed by atoms with Crippen LogP contribution in [-0.2, 0) is 18.3 Å². The number of hydrogen-bond acceptors (Lipinski definition) is 4. The number of furan rings is 1. The van der Waals surface area contributed by atoms with Crippen LogP contribution in [0.2, 0.25) is 0 Å². The Morgan fingerprint density at radius 1 is 1.28 bits per heavy atom. The van der Waals surface area contributed by atoms with Crippen molar-refractivity contribution in [3.8, 4) is 0 Å². The lowest BCUT2D eigenvalue weighted by molar-refractivity contribution is 0.0135. The molecule has 8 heteroatoms. The van der Waals surface area contributed by atoms with Gasteiger partial charge in [-0.1, -0.05) is 0 Å². The highest BCUT2D eigenvalue weighted by Crippen LogP contribution is 2.24. The number of morpholine rings is 1. The molecule has 1 atom stereocenters. The van der Waals surface area contributed by atoms with Crippen LogP contribution in [0.25, 0.3) is 0 Å². The van der Waals surface area contributed by atoms with Crippen LogP contribution in [0.3, 0.4) is 0 Å². The number of aryl methyl sites for hydroxylation is 2. The first-order chi connectivity index (χ1) is 13.6. The van der Waals surface area contributed by atoms with E-state index >= 15 is 0 Å². The molecule has 162 valence electrons. The molecule has 0 spiro atoms. The van der Waals surface area contributed by atoms with Gasteiger partial charge in [0.15, 0.2) is 5.96 Å². The van der Waals surface area contributed by atoms with E-state index in [1.807, 2.05) is 13.0 Å². The molecule has 3 rings (SSSR count). The fraction of sp³-hybridized carbons (Fsp3) is 0.571. The molecule has 2 aromatic rings. The second-order valence-corrected chi connectivity index (χ2v) is 7.27. The highest BCUT2D eigenvalue weighted by atomic mass is 127. The predicted molar refractivity (Wildman–Crippen MR) is 127 cm³/mol. The molecule has 1 aliphatic heterocycles. The Hall–Kier alpha value is -1.52. The van der Waals surface area contributed by atoms with Crippen LogP contribution >= 0.6 is 24.0 Å². The molecule has 0 saturated carbocycles. The Bertz CT molecular complexity index is 767. The van der Waals surface area contributed by atoms with Crippen LogP contribution in [0, 0.1) is 6.92 Å². The number of hydrogen-bond donors (Lipinski definition) is 1. The van der Waals surface area contributed by atoms with Crippen molar-refractivity contribution in [2.45, 2.75) is 26.4 Å². The molecule has 3 heterocycles. The first-order valence-corrected chi connectivity index (χ1v) is 10.1. The van der Waals surface area contributed by atoms with Crippen molar-refractivity contribution in [2.24, 2.45) is 12.0 Å². The Labute approximate surface area is 191 Å². The number of nitrogens with zero attached hydrogens (tertiary/aromatic N) is 4. The zero-order valence-electron chi connectivity index (χ0n) is 17.9. The molecule has 0 amide bonds. The van der Waals surface area contributed by atoms with Gasteiger partial charge in [0.1, 0.15) is 11.5 Å². The predicted octanol–water partition coefficient (Wildman–Crippen LogP) is 3.02. The van der Waals surface area contributed by atoms with Crippen LogP contribution < -0.4 is 5.32 Å². The normalized spacial score (nSPS) is 16.3. The Morgan fingerprint density at radius 2 is 2.03 bits per heavy atom. The zero-order chi connectivity index (χ0) is 19.9. The summed E-state index contributed by atoms with van der Waals surface area (Å²) in [5, 5.41) is 3.42. The Balaban J connectivity index is 0.00000300. The van der Waals surface area contributed by atoms with Gasteiger partial charge in [-0.25, -0.2) is 0 Å². The van der Waals surface area contributed by atoms with Gasteiger partial charge in [-0.05, 0) is 38.1 Å². The molecule has 1 N–H and O–H groups in total. The molecule has 1 fully saturated rings. The summed E-state index contributed by atoms with van der Waals surface area (Å²) in [6, 6.07) is 8.43. The standard InChI is InChI=1S/C21H33N5O2.HI/c1-5-22-21(25(4)16-18-7-6-10-24(18)3)23-15-19(20-9-8-17(2)28-20)26-11-13-27-14-12-26;/h6-10,19H,5,11-16H2,1-4H3,(H,22,23);1H. The molecule has 0 radical (unpaired) electrons. The highest BCUT2D eigenvalue weighted by molar-refractivity contribution is 14.0. The van der Waals surface area contributed by atoms with E-state index in [0.717, 1.165) is 56.9 Å². The number of nitrogens with one attached hydrogen (secondary N) is 1. The van der Waals surface area contributed by atoms with Crippen LogP contribution in [0.5, 0.6) is 0 Å². The summed E-state index contributed by atoms with van der Waals surface area (Å²) < 4.78 is 13.6. The summed E-state index contributed by atoms with van der Waals surface area (Å²) in [5.41, 5.74) is 1.25. The quantitative estimate of drug-likeness (QED) is 0.349. The SMILES string of the molecule is CCNC(=NCC(c1ccc(C)o1)N1CCOCC1)N(C)Cc1cccn1C.I. The minimum atomic E-state index is 0. The van der Waals surface area contributed by atoms with Crippen molar-refractivity contribution in [1.29, 1.82) is 0 Å². The van der Waals surface area contributed by atoms with E-state index in [0.29, 0.717) is 6.54 Å². The average molecular weight is 515 g/mol. The fourth-order valence-electron chi connectivity index (χ4n) is 3.53. The van der Waals surface area contributed by atoms with Crippen molar-refractivity contribution in [2.75, 3.05) is 46.4 Å². The van der Waals surface area contributed by atoms with Gasteiger partial charge in [-0.15, -0.1) is 24.0 Å². The molecule has 7 nitrogen and oxygen atoms in total. The Kier molecular flexibility index (Phi) is 9.51. The number of guanidine groups is 1. The van der Waals surface area contributed by atoms with Crippen LogP contribution in [-0.4, -0.2) is 66.8 Å². The summed E-state index contributed by atoms with van der Waals surface area (Å²) in [5.74, 6) is 2.82. The molecule has 29 heavy (non-hydrogen) atoms. The number of aromatic nitrogens is 1. The molecule has 0 aliphatic carbocycles. The average Bonchev–Trinajstić information content (AvgIpc) is 3.30. The molecular formula is C21H34IN5O2. The molecule has 1 aliphatic rings. The third kappa shape index (κ3) is 6.48. The maximum atomic E-state index is 5.96. The largest absolute Gasteiger partial charge is 0.465 e. The van der Waals surface area contributed by atoms with E-state index < -0.39 is 0 Å². The summed E-state index contributed by atoms with van der Waals surface area (Å²) in [4.78, 5) is 9.54. The van der Waals surface area contributed by atoms with Gasteiger partial charge in [0, 0.05) is 45.6 Å². The molecule has 1 unspecified atom stereocenters. The number of rotatable bonds is 7. The van der Waals surface area contributed by atoms with E-state index in [1.54, 1.807) is 0 Å². The number of halogens is 1. The fourth-order valence-corrected chi connectivity index (χ4v) is 3.53. The van der Waals surface area contributed by atoms with E-state index in [4.69, 9.17) is 14.1 Å². The lowest BCUT2D eigenvalue weighted by Gasteiger charge is -2.33. The van der Waals surface area contributed by atoms with Crippen LogP contribution in [0.1, 0.15) is 30.2 Å². The second kappa shape index (κ2) is 11.6. The van der Waals surface area contributed by atoms with E-state index in [9.17, 15) is 0 Å². The molecular weight excluding hydrogens is 481 g/mol. The van der Waals surface area contributed by atoms with Gasteiger partial charge >= 0.3 is 0 Å². The highest BCUT2D eigenvalue weighted by Gasteiger charge is 2.25. The number of aliphatic imine (C=N–C) groups is 1. The monoisotopic (exact) mass is 515 g/mol. The van der Waals surface area contributed by atoms with Crippen molar-refractivity contribution in [3.05, 3.63) is 47.7 Å². The number of ether oxygens (including phenoxy) is 1. The smallest absolute Gasteiger partial charge is 0.194 e. The van der Waals surface area contributed by atoms with Crippen molar-refractivity contribution in [1.82, 2.24) is 19.7 Å². The third-order valence-corrected chi connectivity index (χ3v) is 5.14. The summed E-state index contributed by atoms with van der Waals surface area (Å²) in [6.07, 6.45) is 2.07. The van der Waals surface area contributed by atoms with Crippen molar-refractivity contribution in [3.63, 3.8) is 0 Å². The first kappa shape index (κ1) is 23.8. The van der Waals surface area contributed by atoms with Crippen LogP contribution in [0.15, 0.2) is 39.9 Å². The van der Waals surface area contributed by atoms with Crippen LogP contribution in [0.4, 0.5) is 0 Å². The van der Waals surface area contributed by atoms with Gasteiger partial charge in [-0.3, -0.25) is 9.89 Å². The summed E-state index contributed by atoms with van der Waals surface area (Å²) in [6.45, 7) is 9.68. The molecule has 0 bridgehead atoms. The van der Waals surface area contributed by atoms with Crippen molar-refractivity contribution >= 4 is 29.9 Å². The molecule has 0 aromatic carbocycles. The summed E-state index contributed by atoms with van der Waals surface area (Å²) >= 11 is 0. The van der Waals surface area contributed by atoms with E-state index in [2.05, 4.69) is 65.1 Å². The first-order valence-electron chi connectivity index (χ1n) is 10.1. The second-order valence-electron chi connectivity index (χ2n) is 7.27. The van der Waals surface area contributed by atoms with Crippen molar-refractivity contribution < 1.29 is 9.15 Å². The van der Waals surface area contributed by atoms with Gasteiger partial charge in [0.25, 0.3) is 0 Å². The van der Waals surface area contributed by atoms with Gasteiger partial charge in [0.05, 0.1) is 32.3 Å².